The van der Waals surface area contributed by atoms with E-state index in [-0.39, 0.29) is 23.8 Å². The highest BCUT2D eigenvalue weighted by atomic mass is 19.1. The largest absolute Gasteiger partial charge is 0.486 e. The van der Waals surface area contributed by atoms with Crippen molar-refractivity contribution < 1.29 is 13.5 Å². The Hall–Kier alpha value is -2.43. The Kier molecular flexibility index (Phi) is 3.75. The van der Waals surface area contributed by atoms with Crippen LogP contribution in [0, 0.1) is 17.0 Å². The molecule has 0 aromatic heterocycles. The third-order valence-electron chi connectivity index (χ3n) is 2.58. The van der Waals surface area contributed by atoms with Gasteiger partial charge in [0.05, 0.1) is 0 Å². The molecular formula is C14H12F2N2O. The lowest BCUT2D eigenvalue weighted by atomic mass is 10.1. The lowest BCUT2D eigenvalue weighted by Gasteiger charge is -2.10. The molecule has 2 aromatic carbocycles. The molecule has 2 rings (SSSR count). The molecule has 0 aliphatic rings. The molecule has 19 heavy (non-hydrogen) atoms. The van der Waals surface area contributed by atoms with Gasteiger partial charge >= 0.3 is 0 Å². The van der Waals surface area contributed by atoms with Crippen molar-refractivity contribution in [3.63, 3.8) is 0 Å². The standard InChI is InChI=1S/C14H12F2N2O/c15-10-6-5-9(11(7-10)14(17)18)8-19-13-4-2-1-3-12(13)16/h1-7H,8H2,(H3,17,18). The van der Waals surface area contributed by atoms with E-state index < -0.39 is 11.6 Å². The second-order valence-corrected chi connectivity index (χ2v) is 3.93. The van der Waals surface area contributed by atoms with Gasteiger partial charge in [-0.1, -0.05) is 18.2 Å². The minimum absolute atomic E-state index is 0.0100. The summed E-state index contributed by atoms with van der Waals surface area (Å²) >= 11 is 0. The van der Waals surface area contributed by atoms with Gasteiger partial charge in [-0.15, -0.1) is 0 Å². The fraction of sp³-hybridized carbons (Fsp3) is 0.0714. The summed E-state index contributed by atoms with van der Waals surface area (Å²) in [5.41, 5.74) is 6.14. The Bertz CT molecular complexity index is 614. The number of amidine groups is 1. The van der Waals surface area contributed by atoms with E-state index in [1.807, 2.05) is 0 Å². The summed E-state index contributed by atoms with van der Waals surface area (Å²) in [5, 5.41) is 7.38. The number of hydrogen-bond acceptors (Lipinski definition) is 2. The van der Waals surface area contributed by atoms with Gasteiger partial charge in [-0.25, -0.2) is 8.78 Å². The smallest absolute Gasteiger partial charge is 0.165 e. The van der Waals surface area contributed by atoms with Crippen LogP contribution in [-0.4, -0.2) is 5.84 Å². The van der Waals surface area contributed by atoms with Crippen LogP contribution in [0.2, 0.25) is 0 Å². The normalized spacial score (nSPS) is 10.2. The van der Waals surface area contributed by atoms with E-state index in [0.717, 1.165) is 6.07 Å². The maximum Gasteiger partial charge on any atom is 0.165 e. The predicted molar refractivity (Wildman–Crippen MR) is 68.1 cm³/mol. The molecule has 0 radical (unpaired) electrons. The number of hydrogen-bond donors (Lipinski definition) is 2. The van der Waals surface area contributed by atoms with Crippen LogP contribution >= 0.6 is 0 Å². The highest BCUT2D eigenvalue weighted by Crippen LogP contribution is 2.19. The summed E-state index contributed by atoms with van der Waals surface area (Å²) in [7, 11) is 0. The van der Waals surface area contributed by atoms with Crippen LogP contribution in [0.4, 0.5) is 8.78 Å². The molecule has 0 saturated heterocycles. The van der Waals surface area contributed by atoms with Crippen LogP contribution in [0.1, 0.15) is 11.1 Å². The van der Waals surface area contributed by atoms with Gasteiger partial charge in [-0.05, 0) is 24.3 Å². The van der Waals surface area contributed by atoms with E-state index in [9.17, 15) is 8.78 Å². The zero-order chi connectivity index (χ0) is 13.8. The number of nitrogens with one attached hydrogen (secondary N) is 1. The topological polar surface area (TPSA) is 59.1 Å². The Labute approximate surface area is 109 Å². The van der Waals surface area contributed by atoms with Crippen molar-refractivity contribution in [2.24, 2.45) is 5.73 Å². The fourth-order valence-electron chi connectivity index (χ4n) is 1.64. The molecule has 0 atom stereocenters. The first-order valence-electron chi connectivity index (χ1n) is 5.58. The van der Waals surface area contributed by atoms with E-state index in [2.05, 4.69) is 0 Å². The van der Waals surface area contributed by atoms with Crippen LogP contribution in [0.15, 0.2) is 42.5 Å². The van der Waals surface area contributed by atoms with E-state index >= 15 is 0 Å². The second-order valence-electron chi connectivity index (χ2n) is 3.93. The average molecular weight is 262 g/mol. The molecule has 0 fully saturated rings. The van der Waals surface area contributed by atoms with Crippen LogP contribution < -0.4 is 10.5 Å². The Morgan fingerprint density at radius 3 is 2.58 bits per heavy atom. The summed E-state index contributed by atoms with van der Waals surface area (Å²) in [4.78, 5) is 0. The van der Waals surface area contributed by atoms with Crippen molar-refractivity contribution >= 4 is 5.84 Å². The van der Waals surface area contributed by atoms with E-state index in [1.54, 1.807) is 12.1 Å². The van der Waals surface area contributed by atoms with Crippen LogP contribution in [-0.2, 0) is 6.61 Å². The molecular weight excluding hydrogens is 250 g/mol. The quantitative estimate of drug-likeness (QED) is 0.657. The van der Waals surface area contributed by atoms with E-state index in [4.69, 9.17) is 15.9 Å². The molecule has 0 bridgehead atoms. The average Bonchev–Trinajstić information content (AvgIpc) is 2.38. The van der Waals surface area contributed by atoms with Gasteiger partial charge in [0.1, 0.15) is 18.3 Å². The highest BCUT2D eigenvalue weighted by Gasteiger charge is 2.09. The van der Waals surface area contributed by atoms with Crippen molar-refractivity contribution in [2.75, 3.05) is 0 Å². The minimum atomic E-state index is -0.486. The Balaban J connectivity index is 2.20. The maximum absolute atomic E-state index is 13.4. The van der Waals surface area contributed by atoms with Crippen molar-refractivity contribution in [3.05, 3.63) is 65.2 Å². The lowest BCUT2D eigenvalue weighted by Crippen LogP contribution is -2.15. The predicted octanol–water partition coefficient (Wildman–Crippen LogP) is 2.83. The van der Waals surface area contributed by atoms with Crippen molar-refractivity contribution in [3.8, 4) is 5.75 Å². The maximum atomic E-state index is 13.4. The third kappa shape index (κ3) is 3.07. The van der Waals surface area contributed by atoms with Gasteiger partial charge in [-0.2, -0.15) is 0 Å². The summed E-state index contributed by atoms with van der Waals surface area (Å²) in [6, 6.07) is 9.84. The summed E-state index contributed by atoms with van der Waals surface area (Å²) in [6.07, 6.45) is 0. The molecule has 2 aromatic rings. The fourth-order valence-corrected chi connectivity index (χ4v) is 1.64. The van der Waals surface area contributed by atoms with Crippen molar-refractivity contribution in [1.29, 1.82) is 5.41 Å². The summed E-state index contributed by atoms with van der Waals surface area (Å²) in [5.74, 6) is -1.12. The molecule has 0 aliphatic heterocycles. The monoisotopic (exact) mass is 262 g/mol. The molecule has 0 aliphatic carbocycles. The van der Waals surface area contributed by atoms with Crippen LogP contribution in [0.25, 0.3) is 0 Å². The number of benzene rings is 2. The van der Waals surface area contributed by atoms with Gasteiger partial charge in [-0.3, -0.25) is 5.41 Å². The van der Waals surface area contributed by atoms with Crippen molar-refractivity contribution in [1.82, 2.24) is 0 Å². The first kappa shape index (κ1) is 13.0. The minimum Gasteiger partial charge on any atom is -0.486 e. The highest BCUT2D eigenvalue weighted by molar-refractivity contribution is 5.96. The zero-order valence-corrected chi connectivity index (χ0v) is 9.99. The second kappa shape index (κ2) is 5.48. The molecule has 0 amide bonds. The van der Waals surface area contributed by atoms with E-state index in [1.165, 1.54) is 24.3 Å². The van der Waals surface area contributed by atoms with Crippen molar-refractivity contribution in [2.45, 2.75) is 6.61 Å². The molecule has 5 heteroatoms. The molecule has 0 spiro atoms. The molecule has 3 nitrogen and oxygen atoms in total. The lowest BCUT2D eigenvalue weighted by molar-refractivity contribution is 0.290. The van der Waals surface area contributed by atoms with Crippen LogP contribution in [0.3, 0.4) is 0 Å². The van der Waals surface area contributed by atoms with Gasteiger partial charge in [0.25, 0.3) is 0 Å². The molecule has 0 saturated carbocycles. The number of ether oxygens (including phenoxy) is 1. The van der Waals surface area contributed by atoms with Crippen LogP contribution in [0.5, 0.6) is 5.75 Å². The number of para-hydroxylation sites is 1. The number of nitrogen functional groups attached to an aromatic ring is 1. The van der Waals surface area contributed by atoms with Gasteiger partial charge in [0, 0.05) is 11.1 Å². The first-order chi connectivity index (χ1) is 9.08. The molecule has 0 unspecified atom stereocenters. The Morgan fingerprint density at radius 1 is 1.16 bits per heavy atom. The van der Waals surface area contributed by atoms with Gasteiger partial charge < -0.3 is 10.5 Å². The third-order valence-corrected chi connectivity index (χ3v) is 2.58. The summed E-state index contributed by atoms with van der Waals surface area (Å²) < 4.78 is 31.7. The first-order valence-corrected chi connectivity index (χ1v) is 5.58. The van der Waals surface area contributed by atoms with Gasteiger partial charge in [0.2, 0.25) is 0 Å². The summed E-state index contributed by atoms with van der Waals surface area (Å²) in [6.45, 7) is 0.0100. The molecule has 3 N–H and O–H groups in total. The SMILES string of the molecule is N=C(N)c1cc(F)ccc1COc1ccccc1F. The number of halogens is 2. The zero-order valence-electron chi connectivity index (χ0n) is 9.99. The Morgan fingerprint density at radius 2 is 1.89 bits per heavy atom. The molecule has 98 valence electrons. The number of rotatable bonds is 4. The number of nitrogens with two attached hydrogens (primary N) is 1. The van der Waals surface area contributed by atoms with E-state index in [0.29, 0.717) is 5.56 Å². The molecule has 0 heterocycles. The van der Waals surface area contributed by atoms with Gasteiger partial charge in [0.15, 0.2) is 11.6 Å².